The van der Waals surface area contributed by atoms with Gasteiger partial charge in [-0.3, -0.25) is 9.48 Å². The van der Waals surface area contributed by atoms with Crippen LogP contribution in [0.1, 0.15) is 18.2 Å². The fourth-order valence-corrected chi connectivity index (χ4v) is 3.26. The lowest BCUT2D eigenvalue weighted by Gasteiger charge is -2.23. The third-order valence-electron chi connectivity index (χ3n) is 4.58. The summed E-state index contributed by atoms with van der Waals surface area (Å²) in [6.45, 7) is 4.65. The molecule has 1 aliphatic rings. The van der Waals surface area contributed by atoms with Crippen LogP contribution in [0.2, 0.25) is 0 Å². The standard InChI is InChI=1S/C19H19N3O2/c1-12-4-3-5-15(10-20)17(12)11-22-18-8-14(9-19(23)24)6-7-16(18)13(2)21-22/h3-8,12,17H,9,11H2,1-2H3,(H,23,24). The van der Waals surface area contributed by atoms with Crippen molar-refractivity contribution in [2.24, 2.45) is 11.8 Å². The molecule has 1 heterocycles. The van der Waals surface area contributed by atoms with Crippen LogP contribution in [0.4, 0.5) is 0 Å². The summed E-state index contributed by atoms with van der Waals surface area (Å²) in [5.74, 6) is -0.519. The molecule has 5 nitrogen and oxygen atoms in total. The Labute approximate surface area is 140 Å². The second kappa shape index (κ2) is 6.32. The molecule has 5 heteroatoms. The molecule has 0 spiro atoms. The fourth-order valence-electron chi connectivity index (χ4n) is 3.26. The number of nitrogens with zero attached hydrogens (tertiary/aromatic N) is 3. The summed E-state index contributed by atoms with van der Waals surface area (Å²) in [4.78, 5) is 11.0. The second-order valence-electron chi connectivity index (χ2n) is 6.27. The number of carbonyl (C=O) groups is 1. The molecule has 0 aliphatic heterocycles. The first kappa shape index (κ1) is 16.0. The van der Waals surface area contributed by atoms with Crippen LogP contribution in [-0.4, -0.2) is 20.9 Å². The lowest BCUT2D eigenvalue weighted by atomic mass is 9.84. The van der Waals surface area contributed by atoms with Crippen LogP contribution in [0, 0.1) is 30.1 Å². The largest absolute Gasteiger partial charge is 0.481 e. The van der Waals surface area contributed by atoms with Gasteiger partial charge < -0.3 is 5.11 Å². The van der Waals surface area contributed by atoms with E-state index in [0.717, 1.165) is 27.7 Å². The molecular formula is C19H19N3O2. The van der Waals surface area contributed by atoms with Crippen molar-refractivity contribution in [2.45, 2.75) is 26.8 Å². The molecule has 0 saturated carbocycles. The third-order valence-corrected chi connectivity index (χ3v) is 4.58. The molecule has 24 heavy (non-hydrogen) atoms. The molecule has 0 saturated heterocycles. The van der Waals surface area contributed by atoms with Gasteiger partial charge in [-0.05, 0) is 30.5 Å². The topological polar surface area (TPSA) is 78.9 Å². The summed E-state index contributed by atoms with van der Waals surface area (Å²) in [6.07, 6.45) is 5.88. The first-order valence-corrected chi connectivity index (χ1v) is 7.96. The molecular weight excluding hydrogens is 302 g/mol. The normalized spacial score (nSPS) is 20.0. The van der Waals surface area contributed by atoms with Gasteiger partial charge in [0.15, 0.2) is 0 Å². The number of aliphatic carboxylic acids is 1. The van der Waals surface area contributed by atoms with Crippen LogP contribution in [-0.2, 0) is 17.8 Å². The van der Waals surface area contributed by atoms with E-state index >= 15 is 0 Å². The number of aryl methyl sites for hydroxylation is 1. The number of aromatic nitrogens is 2. The van der Waals surface area contributed by atoms with Crippen molar-refractivity contribution in [1.29, 1.82) is 5.26 Å². The first-order valence-electron chi connectivity index (χ1n) is 7.96. The predicted octanol–water partition coefficient (Wildman–Crippen LogP) is 3.24. The number of hydrogen-bond acceptors (Lipinski definition) is 3. The zero-order valence-electron chi connectivity index (χ0n) is 13.7. The molecule has 1 N–H and O–H groups in total. The van der Waals surface area contributed by atoms with E-state index < -0.39 is 5.97 Å². The van der Waals surface area contributed by atoms with Crippen LogP contribution in [0.3, 0.4) is 0 Å². The van der Waals surface area contributed by atoms with Crippen LogP contribution in [0.5, 0.6) is 0 Å². The summed E-state index contributed by atoms with van der Waals surface area (Å²) < 4.78 is 1.90. The van der Waals surface area contributed by atoms with Crippen molar-refractivity contribution in [2.75, 3.05) is 0 Å². The average molecular weight is 321 g/mol. The number of fused-ring (bicyclic) bond motifs is 1. The molecule has 0 radical (unpaired) electrons. The number of benzene rings is 1. The van der Waals surface area contributed by atoms with E-state index in [2.05, 4.69) is 24.2 Å². The fraction of sp³-hybridized carbons (Fsp3) is 0.316. The van der Waals surface area contributed by atoms with Crippen LogP contribution in [0.25, 0.3) is 10.9 Å². The summed E-state index contributed by atoms with van der Waals surface area (Å²) in [5, 5.41) is 24.0. The van der Waals surface area contributed by atoms with Crippen LogP contribution < -0.4 is 0 Å². The Morgan fingerprint density at radius 1 is 1.46 bits per heavy atom. The van der Waals surface area contributed by atoms with Gasteiger partial charge in [0.25, 0.3) is 0 Å². The number of hydrogen-bond donors (Lipinski definition) is 1. The Kier molecular flexibility index (Phi) is 4.22. The van der Waals surface area contributed by atoms with Gasteiger partial charge in [-0.2, -0.15) is 10.4 Å². The smallest absolute Gasteiger partial charge is 0.307 e. The van der Waals surface area contributed by atoms with Crippen LogP contribution in [0.15, 0.2) is 42.0 Å². The Bertz CT molecular complexity index is 899. The maximum absolute atomic E-state index is 11.0. The Balaban J connectivity index is 2.00. The quantitative estimate of drug-likeness (QED) is 0.937. The van der Waals surface area contributed by atoms with Gasteiger partial charge in [0.2, 0.25) is 0 Å². The number of nitriles is 1. The second-order valence-corrected chi connectivity index (χ2v) is 6.27. The van der Waals surface area contributed by atoms with Crippen LogP contribution >= 0.6 is 0 Å². The highest BCUT2D eigenvalue weighted by molar-refractivity contribution is 5.83. The molecule has 2 aromatic rings. The monoisotopic (exact) mass is 321 g/mol. The van der Waals surface area contributed by atoms with Gasteiger partial charge in [0.1, 0.15) is 0 Å². The van der Waals surface area contributed by atoms with E-state index in [4.69, 9.17) is 5.11 Å². The lowest BCUT2D eigenvalue weighted by molar-refractivity contribution is -0.136. The molecule has 0 bridgehead atoms. The maximum Gasteiger partial charge on any atom is 0.307 e. The zero-order chi connectivity index (χ0) is 17.3. The van der Waals surface area contributed by atoms with Gasteiger partial charge >= 0.3 is 5.97 Å². The van der Waals surface area contributed by atoms with Crippen molar-refractivity contribution >= 4 is 16.9 Å². The van der Waals surface area contributed by atoms with E-state index in [1.165, 1.54) is 0 Å². The Hall–Kier alpha value is -2.87. The summed E-state index contributed by atoms with van der Waals surface area (Å²) >= 11 is 0. The number of rotatable bonds is 4. The molecule has 1 aromatic carbocycles. The van der Waals surface area contributed by atoms with E-state index in [1.54, 1.807) is 0 Å². The first-order chi connectivity index (χ1) is 11.5. The zero-order valence-corrected chi connectivity index (χ0v) is 13.7. The average Bonchev–Trinajstić information content (AvgIpc) is 2.84. The minimum Gasteiger partial charge on any atom is -0.481 e. The third kappa shape index (κ3) is 2.95. The summed E-state index contributed by atoms with van der Waals surface area (Å²) in [6, 6.07) is 7.94. The summed E-state index contributed by atoms with van der Waals surface area (Å²) in [5.41, 5.74) is 3.34. The molecule has 2 atom stereocenters. The highest BCUT2D eigenvalue weighted by Gasteiger charge is 2.24. The number of allylic oxidation sites excluding steroid dienone is 4. The summed E-state index contributed by atoms with van der Waals surface area (Å²) in [7, 11) is 0. The van der Waals surface area contributed by atoms with Gasteiger partial charge in [-0.15, -0.1) is 0 Å². The minimum absolute atomic E-state index is 0.00785. The molecule has 2 unspecified atom stereocenters. The predicted molar refractivity (Wildman–Crippen MR) is 91.3 cm³/mol. The van der Waals surface area contributed by atoms with Gasteiger partial charge in [0, 0.05) is 23.4 Å². The van der Waals surface area contributed by atoms with Gasteiger partial charge in [-0.25, -0.2) is 0 Å². The van der Waals surface area contributed by atoms with Gasteiger partial charge in [-0.1, -0.05) is 31.2 Å². The van der Waals surface area contributed by atoms with Crippen molar-refractivity contribution in [3.8, 4) is 6.07 Å². The van der Waals surface area contributed by atoms with E-state index in [9.17, 15) is 10.1 Å². The molecule has 0 fully saturated rings. The number of carboxylic acids is 1. The minimum atomic E-state index is -0.849. The SMILES string of the molecule is Cc1nn(CC2C(C#N)=CC=CC2C)c2cc(CC(=O)O)ccc12. The van der Waals surface area contributed by atoms with Gasteiger partial charge in [0.05, 0.1) is 23.7 Å². The van der Waals surface area contributed by atoms with Crippen molar-refractivity contribution in [1.82, 2.24) is 9.78 Å². The molecule has 3 rings (SSSR count). The van der Waals surface area contributed by atoms with Crippen molar-refractivity contribution in [3.05, 3.63) is 53.3 Å². The maximum atomic E-state index is 11.0. The molecule has 1 aromatic heterocycles. The molecule has 0 amide bonds. The van der Waals surface area contributed by atoms with E-state index in [1.807, 2.05) is 42.0 Å². The van der Waals surface area contributed by atoms with E-state index in [-0.39, 0.29) is 18.3 Å². The molecule has 1 aliphatic carbocycles. The lowest BCUT2D eigenvalue weighted by Crippen LogP contribution is -2.21. The van der Waals surface area contributed by atoms with Crippen molar-refractivity contribution < 1.29 is 9.90 Å². The Morgan fingerprint density at radius 3 is 2.96 bits per heavy atom. The van der Waals surface area contributed by atoms with Crippen molar-refractivity contribution in [3.63, 3.8) is 0 Å². The molecule has 122 valence electrons. The van der Waals surface area contributed by atoms with E-state index in [0.29, 0.717) is 6.54 Å². The Morgan fingerprint density at radius 2 is 2.25 bits per heavy atom. The highest BCUT2D eigenvalue weighted by Crippen LogP contribution is 2.29. The number of carboxylic acid groups (broad SMARTS) is 1. The highest BCUT2D eigenvalue weighted by atomic mass is 16.4.